The van der Waals surface area contributed by atoms with E-state index in [0.29, 0.717) is 23.4 Å². The zero-order valence-electron chi connectivity index (χ0n) is 15.7. The quantitative estimate of drug-likeness (QED) is 0.607. The highest BCUT2D eigenvalue weighted by atomic mass is 16.7. The summed E-state index contributed by atoms with van der Waals surface area (Å²) in [6.07, 6.45) is 0. The first-order valence-corrected chi connectivity index (χ1v) is 9.28. The molecule has 3 aromatic rings. The lowest BCUT2D eigenvalue weighted by Gasteiger charge is -2.08. The van der Waals surface area contributed by atoms with Crippen LogP contribution in [0.15, 0.2) is 72.8 Å². The Balaban J connectivity index is 1.27. The van der Waals surface area contributed by atoms with Crippen LogP contribution in [0.4, 0.5) is 5.69 Å². The van der Waals surface area contributed by atoms with Gasteiger partial charge in [-0.2, -0.15) is 0 Å². The lowest BCUT2D eigenvalue weighted by molar-refractivity contribution is -0.115. The predicted octanol–water partition coefficient (Wildman–Crippen LogP) is 3.37. The number of benzene rings is 3. The minimum absolute atomic E-state index is 0.0473. The van der Waals surface area contributed by atoms with Crippen LogP contribution in [0, 0.1) is 0 Å². The molecule has 0 unspecified atom stereocenters. The van der Waals surface area contributed by atoms with E-state index < -0.39 is 0 Å². The van der Waals surface area contributed by atoms with Crippen molar-refractivity contribution in [1.82, 2.24) is 5.32 Å². The molecule has 0 saturated carbocycles. The van der Waals surface area contributed by atoms with Crippen LogP contribution in [0.2, 0.25) is 0 Å². The van der Waals surface area contributed by atoms with E-state index in [1.807, 2.05) is 36.4 Å². The second-order valence-electron chi connectivity index (χ2n) is 6.61. The van der Waals surface area contributed by atoms with Gasteiger partial charge >= 0.3 is 0 Å². The van der Waals surface area contributed by atoms with Crippen molar-refractivity contribution in [3.8, 4) is 11.5 Å². The van der Waals surface area contributed by atoms with Crippen molar-refractivity contribution >= 4 is 17.4 Å². The zero-order chi connectivity index (χ0) is 20.1. The number of fused-ring (bicyclic) bond motifs is 1. The van der Waals surface area contributed by atoms with Crippen LogP contribution in [0.25, 0.3) is 0 Å². The Morgan fingerprint density at radius 2 is 1.55 bits per heavy atom. The van der Waals surface area contributed by atoms with Gasteiger partial charge in [0.05, 0.1) is 6.54 Å². The normalized spacial score (nSPS) is 11.9. The summed E-state index contributed by atoms with van der Waals surface area (Å²) in [6, 6.07) is 21.7. The molecule has 0 bridgehead atoms. The molecule has 2 N–H and O–H groups in total. The van der Waals surface area contributed by atoms with Crippen LogP contribution in [0.1, 0.15) is 21.5 Å². The van der Waals surface area contributed by atoms with Crippen molar-refractivity contribution in [2.24, 2.45) is 0 Å². The third-order valence-electron chi connectivity index (χ3n) is 4.52. The van der Waals surface area contributed by atoms with Crippen molar-refractivity contribution in [3.63, 3.8) is 0 Å². The molecule has 0 atom stereocenters. The number of rotatable bonds is 7. The Kier molecular flexibility index (Phi) is 5.54. The van der Waals surface area contributed by atoms with Gasteiger partial charge in [-0.3, -0.25) is 9.59 Å². The van der Waals surface area contributed by atoms with Gasteiger partial charge in [-0.05, 0) is 42.0 Å². The minimum Gasteiger partial charge on any atom is -0.454 e. The molecule has 0 spiro atoms. The summed E-state index contributed by atoms with van der Waals surface area (Å²) in [7, 11) is 0. The van der Waals surface area contributed by atoms with Crippen LogP contribution >= 0.6 is 0 Å². The molecular weight excluding hydrogens is 368 g/mol. The van der Waals surface area contributed by atoms with Gasteiger partial charge < -0.3 is 20.1 Å². The fourth-order valence-electron chi connectivity index (χ4n) is 3.04. The van der Waals surface area contributed by atoms with E-state index in [9.17, 15) is 9.59 Å². The molecule has 0 fully saturated rings. The third-order valence-corrected chi connectivity index (χ3v) is 4.52. The summed E-state index contributed by atoms with van der Waals surface area (Å²) < 4.78 is 10.6. The molecule has 146 valence electrons. The maximum atomic E-state index is 12.4. The Morgan fingerprint density at radius 3 is 2.34 bits per heavy atom. The Labute approximate surface area is 168 Å². The van der Waals surface area contributed by atoms with Crippen LogP contribution < -0.4 is 20.1 Å². The first-order chi connectivity index (χ1) is 14.2. The maximum Gasteiger partial charge on any atom is 0.238 e. The van der Waals surface area contributed by atoms with Crippen LogP contribution in [-0.4, -0.2) is 25.0 Å². The van der Waals surface area contributed by atoms with Crippen LogP contribution in [-0.2, 0) is 11.3 Å². The van der Waals surface area contributed by atoms with Gasteiger partial charge in [0.15, 0.2) is 17.3 Å². The average Bonchev–Trinajstić information content (AvgIpc) is 3.22. The van der Waals surface area contributed by atoms with E-state index in [0.717, 1.165) is 17.1 Å². The molecule has 1 amide bonds. The van der Waals surface area contributed by atoms with Crippen LogP contribution in [0.3, 0.4) is 0 Å². The van der Waals surface area contributed by atoms with Gasteiger partial charge in [-0.25, -0.2) is 0 Å². The molecule has 0 saturated heterocycles. The Bertz CT molecular complexity index is 1020. The molecule has 3 aromatic carbocycles. The zero-order valence-corrected chi connectivity index (χ0v) is 15.7. The highest BCUT2D eigenvalue weighted by Gasteiger charge is 2.13. The fourth-order valence-corrected chi connectivity index (χ4v) is 3.04. The molecular formula is C23H20N2O4. The topological polar surface area (TPSA) is 76.7 Å². The summed E-state index contributed by atoms with van der Waals surface area (Å²) in [5, 5.41) is 5.92. The number of carbonyl (C=O) groups excluding carboxylic acids is 2. The molecule has 0 aliphatic carbocycles. The highest BCUT2D eigenvalue weighted by Crippen LogP contribution is 2.32. The second kappa shape index (κ2) is 8.58. The molecule has 4 rings (SSSR count). The summed E-state index contributed by atoms with van der Waals surface area (Å²) in [6.45, 7) is 0.943. The van der Waals surface area contributed by atoms with Crippen molar-refractivity contribution in [3.05, 3.63) is 89.5 Å². The predicted molar refractivity (Wildman–Crippen MR) is 109 cm³/mol. The number of carbonyl (C=O) groups is 2. The fraction of sp³-hybridized carbons (Fsp3) is 0.130. The summed E-state index contributed by atoms with van der Waals surface area (Å²) in [4.78, 5) is 24.6. The number of hydrogen-bond donors (Lipinski definition) is 2. The van der Waals surface area contributed by atoms with Gasteiger partial charge in [-0.15, -0.1) is 0 Å². The molecule has 1 aliphatic rings. The van der Waals surface area contributed by atoms with E-state index in [1.54, 1.807) is 36.4 Å². The number of ketones is 1. The van der Waals surface area contributed by atoms with Gasteiger partial charge in [0.25, 0.3) is 0 Å². The maximum absolute atomic E-state index is 12.4. The molecule has 1 heterocycles. The first-order valence-electron chi connectivity index (χ1n) is 9.28. The highest BCUT2D eigenvalue weighted by molar-refractivity contribution is 6.09. The molecule has 0 radical (unpaired) electrons. The summed E-state index contributed by atoms with van der Waals surface area (Å²) >= 11 is 0. The van der Waals surface area contributed by atoms with Crippen LogP contribution in [0.5, 0.6) is 11.5 Å². The molecule has 1 aliphatic heterocycles. The van der Waals surface area contributed by atoms with E-state index in [-0.39, 0.29) is 25.0 Å². The number of anilines is 1. The number of hydrogen-bond acceptors (Lipinski definition) is 5. The summed E-state index contributed by atoms with van der Waals surface area (Å²) in [5.74, 6) is 1.25. The molecule has 6 nitrogen and oxygen atoms in total. The smallest absolute Gasteiger partial charge is 0.238 e. The second-order valence-corrected chi connectivity index (χ2v) is 6.61. The molecule has 6 heteroatoms. The third kappa shape index (κ3) is 4.62. The monoisotopic (exact) mass is 388 g/mol. The van der Waals surface area contributed by atoms with Crippen molar-refractivity contribution in [2.45, 2.75) is 6.54 Å². The lowest BCUT2D eigenvalue weighted by Crippen LogP contribution is -2.27. The first kappa shape index (κ1) is 18.7. The van der Waals surface area contributed by atoms with Crippen molar-refractivity contribution in [1.29, 1.82) is 0 Å². The summed E-state index contributed by atoms with van der Waals surface area (Å²) in [5.41, 5.74) is 2.86. The number of amides is 1. The average molecular weight is 388 g/mol. The van der Waals surface area contributed by atoms with Gasteiger partial charge in [0.1, 0.15) is 0 Å². The molecule has 0 aromatic heterocycles. The SMILES string of the molecule is O=C(CNCc1ccc2c(c1)OCO2)Nc1ccc(C(=O)c2ccccc2)cc1. The molecule has 29 heavy (non-hydrogen) atoms. The Morgan fingerprint density at radius 1 is 0.828 bits per heavy atom. The number of ether oxygens (including phenoxy) is 2. The van der Waals surface area contributed by atoms with Crippen molar-refractivity contribution < 1.29 is 19.1 Å². The van der Waals surface area contributed by atoms with Crippen molar-refractivity contribution in [2.75, 3.05) is 18.7 Å². The largest absolute Gasteiger partial charge is 0.454 e. The standard InChI is InChI=1S/C23H20N2O4/c26-22(14-24-13-16-6-11-20-21(12-16)29-15-28-20)25-19-9-7-18(8-10-19)23(27)17-4-2-1-3-5-17/h1-12,24H,13-15H2,(H,25,26). The number of nitrogens with one attached hydrogen (secondary N) is 2. The van der Waals surface area contributed by atoms with E-state index in [4.69, 9.17) is 9.47 Å². The van der Waals surface area contributed by atoms with Gasteiger partial charge in [0.2, 0.25) is 12.7 Å². The Hall–Kier alpha value is -3.64. The van der Waals surface area contributed by atoms with Gasteiger partial charge in [0, 0.05) is 23.4 Å². The van der Waals surface area contributed by atoms with E-state index >= 15 is 0 Å². The minimum atomic E-state index is -0.159. The van der Waals surface area contributed by atoms with Gasteiger partial charge in [-0.1, -0.05) is 36.4 Å². The van der Waals surface area contributed by atoms with E-state index in [1.165, 1.54) is 0 Å². The van der Waals surface area contributed by atoms with E-state index in [2.05, 4.69) is 10.6 Å². The lowest BCUT2D eigenvalue weighted by atomic mass is 10.0.